The molecule has 0 fully saturated rings. The first-order valence-electron chi connectivity index (χ1n) is 6.37. The molecule has 0 bridgehead atoms. The van der Waals surface area contributed by atoms with Crippen LogP contribution in [0.15, 0.2) is 12.2 Å². The summed E-state index contributed by atoms with van der Waals surface area (Å²) in [6, 6.07) is 0. The van der Waals surface area contributed by atoms with Gasteiger partial charge in [0.2, 0.25) is 5.91 Å². The number of unbranched alkanes of at least 4 members (excludes halogenated alkanes) is 3. The summed E-state index contributed by atoms with van der Waals surface area (Å²) in [5, 5.41) is 6.05. The Morgan fingerprint density at radius 3 is 2.38 bits per heavy atom. The molecule has 0 radical (unpaired) electrons. The number of hydrogen-bond acceptors (Lipinski definition) is 2. The van der Waals surface area contributed by atoms with Gasteiger partial charge in [0.1, 0.15) is 0 Å². The van der Waals surface area contributed by atoms with Gasteiger partial charge in [0.15, 0.2) is 0 Å². The van der Waals surface area contributed by atoms with Crippen molar-refractivity contribution in [3.63, 3.8) is 0 Å². The molecule has 16 heavy (non-hydrogen) atoms. The number of allylic oxidation sites excluding steroid dienone is 1. The monoisotopic (exact) mass is 226 g/mol. The molecule has 94 valence electrons. The van der Waals surface area contributed by atoms with Gasteiger partial charge in [-0.1, -0.05) is 31.9 Å². The molecule has 2 N–H and O–H groups in total. The molecule has 0 aliphatic carbocycles. The quantitative estimate of drug-likeness (QED) is 0.443. The average molecular weight is 226 g/mol. The van der Waals surface area contributed by atoms with Crippen molar-refractivity contribution in [1.29, 1.82) is 0 Å². The van der Waals surface area contributed by atoms with Gasteiger partial charge in [-0.05, 0) is 32.9 Å². The molecule has 0 aliphatic heterocycles. The zero-order valence-corrected chi connectivity index (χ0v) is 10.7. The Morgan fingerprint density at radius 2 is 1.75 bits per heavy atom. The Hall–Kier alpha value is -0.830. The third-order valence-corrected chi connectivity index (χ3v) is 2.38. The Morgan fingerprint density at radius 1 is 1.06 bits per heavy atom. The number of carbonyl (C=O) groups excluding carboxylic acids is 1. The first kappa shape index (κ1) is 15.2. The van der Waals surface area contributed by atoms with Crippen molar-refractivity contribution in [2.24, 2.45) is 0 Å². The summed E-state index contributed by atoms with van der Waals surface area (Å²) < 4.78 is 0. The van der Waals surface area contributed by atoms with Gasteiger partial charge in [-0.3, -0.25) is 4.79 Å². The van der Waals surface area contributed by atoms with Crippen molar-refractivity contribution >= 4 is 5.91 Å². The van der Waals surface area contributed by atoms with Crippen molar-refractivity contribution in [2.45, 2.75) is 45.4 Å². The van der Waals surface area contributed by atoms with Crippen LogP contribution in [0.2, 0.25) is 0 Å². The molecule has 1 amide bonds. The predicted octanol–water partition coefficient (Wildman–Crippen LogP) is 2.24. The second-order valence-corrected chi connectivity index (χ2v) is 3.95. The molecule has 3 nitrogen and oxygen atoms in total. The Kier molecular flexibility index (Phi) is 11.6. The van der Waals surface area contributed by atoms with Crippen LogP contribution in [0.25, 0.3) is 0 Å². The van der Waals surface area contributed by atoms with Crippen LogP contribution in [0.1, 0.15) is 45.4 Å². The van der Waals surface area contributed by atoms with Gasteiger partial charge in [-0.25, -0.2) is 0 Å². The van der Waals surface area contributed by atoms with Crippen LogP contribution in [-0.2, 0) is 4.79 Å². The summed E-state index contributed by atoms with van der Waals surface area (Å²) in [6.45, 7) is 3.98. The molecule has 0 atom stereocenters. The van der Waals surface area contributed by atoms with Crippen LogP contribution < -0.4 is 10.6 Å². The van der Waals surface area contributed by atoms with E-state index in [1.165, 1.54) is 19.3 Å². The van der Waals surface area contributed by atoms with E-state index in [4.69, 9.17) is 0 Å². The number of nitrogens with one attached hydrogen (secondary N) is 2. The SMILES string of the molecule is CC/C=C/CC(=O)NCCCCCCNC. The van der Waals surface area contributed by atoms with E-state index >= 15 is 0 Å². The highest BCUT2D eigenvalue weighted by molar-refractivity contribution is 5.77. The van der Waals surface area contributed by atoms with Crippen molar-refractivity contribution in [1.82, 2.24) is 10.6 Å². The Labute approximate surface area is 99.7 Å². The number of carbonyl (C=O) groups is 1. The average Bonchev–Trinajstić information content (AvgIpc) is 2.28. The first-order chi connectivity index (χ1) is 7.81. The van der Waals surface area contributed by atoms with Crippen LogP contribution >= 0.6 is 0 Å². The molecule has 0 saturated heterocycles. The number of rotatable bonds is 10. The van der Waals surface area contributed by atoms with E-state index < -0.39 is 0 Å². The Balaban J connectivity index is 3.18. The first-order valence-corrected chi connectivity index (χ1v) is 6.37. The highest BCUT2D eigenvalue weighted by atomic mass is 16.1. The second kappa shape index (κ2) is 12.2. The van der Waals surface area contributed by atoms with E-state index in [2.05, 4.69) is 17.6 Å². The van der Waals surface area contributed by atoms with Crippen LogP contribution in [0.5, 0.6) is 0 Å². The standard InChI is InChI=1S/C13H26N2O/c1-3-4-7-10-13(16)15-12-9-6-5-8-11-14-2/h4,7,14H,3,5-6,8-12H2,1-2H3,(H,15,16)/b7-4+. The lowest BCUT2D eigenvalue weighted by Gasteiger charge is -2.03. The van der Waals surface area contributed by atoms with Crippen LogP contribution in [-0.4, -0.2) is 26.0 Å². The molecule has 0 aromatic carbocycles. The summed E-state index contributed by atoms with van der Waals surface area (Å²) in [4.78, 5) is 11.3. The lowest BCUT2D eigenvalue weighted by molar-refractivity contribution is -0.120. The highest BCUT2D eigenvalue weighted by Crippen LogP contribution is 1.97. The summed E-state index contributed by atoms with van der Waals surface area (Å²) >= 11 is 0. The van der Waals surface area contributed by atoms with E-state index in [9.17, 15) is 4.79 Å². The smallest absolute Gasteiger partial charge is 0.223 e. The minimum absolute atomic E-state index is 0.139. The van der Waals surface area contributed by atoms with E-state index in [0.717, 1.165) is 25.9 Å². The molecule has 0 unspecified atom stereocenters. The minimum Gasteiger partial charge on any atom is -0.356 e. The second-order valence-electron chi connectivity index (χ2n) is 3.95. The zero-order chi connectivity index (χ0) is 12.1. The van der Waals surface area contributed by atoms with Crippen molar-refractivity contribution in [2.75, 3.05) is 20.1 Å². The maximum absolute atomic E-state index is 11.3. The molecule has 0 aromatic rings. The zero-order valence-electron chi connectivity index (χ0n) is 10.7. The molecule has 0 spiro atoms. The largest absolute Gasteiger partial charge is 0.356 e. The van der Waals surface area contributed by atoms with Crippen LogP contribution in [0.3, 0.4) is 0 Å². The van der Waals surface area contributed by atoms with Crippen molar-refractivity contribution < 1.29 is 4.79 Å². The molecule has 0 rings (SSSR count). The highest BCUT2D eigenvalue weighted by Gasteiger charge is 1.96. The minimum atomic E-state index is 0.139. The predicted molar refractivity (Wildman–Crippen MR) is 69.5 cm³/mol. The summed E-state index contributed by atoms with van der Waals surface area (Å²) in [6.07, 6.45) is 10.2. The van der Waals surface area contributed by atoms with E-state index in [-0.39, 0.29) is 5.91 Å². The van der Waals surface area contributed by atoms with Gasteiger partial charge in [-0.15, -0.1) is 0 Å². The normalized spacial score (nSPS) is 10.9. The number of amides is 1. The molecule has 0 aromatic heterocycles. The lowest BCUT2D eigenvalue weighted by Crippen LogP contribution is -2.23. The summed E-state index contributed by atoms with van der Waals surface area (Å²) in [5.74, 6) is 0.139. The van der Waals surface area contributed by atoms with Gasteiger partial charge >= 0.3 is 0 Å². The van der Waals surface area contributed by atoms with Gasteiger partial charge in [0.25, 0.3) is 0 Å². The van der Waals surface area contributed by atoms with E-state index in [0.29, 0.717) is 6.42 Å². The van der Waals surface area contributed by atoms with Crippen molar-refractivity contribution in [3.05, 3.63) is 12.2 Å². The fourth-order valence-corrected chi connectivity index (χ4v) is 1.44. The molecule has 0 saturated carbocycles. The van der Waals surface area contributed by atoms with Gasteiger partial charge in [-0.2, -0.15) is 0 Å². The Bertz CT molecular complexity index is 190. The topological polar surface area (TPSA) is 41.1 Å². The molecular weight excluding hydrogens is 200 g/mol. The van der Waals surface area contributed by atoms with E-state index in [1.807, 2.05) is 19.2 Å². The number of hydrogen-bond donors (Lipinski definition) is 2. The fraction of sp³-hybridized carbons (Fsp3) is 0.769. The molecular formula is C13H26N2O. The fourth-order valence-electron chi connectivity index (χ4n) is 1.44. The summed E-state index contributed by atoms with van der Waals surface area (Å²) in [5.41, 5.74) is 0. The lowest BCUT2D eigenvalue weighted by atomic mass is 10.2. The van der Waals surface area contributed by atoms with E-state index in [1.54, 1.807) is 0 Å². The van der Waals surface area contributed by atoms with Crippen LogP contribution in [0.4, 0.5) is 0 Å². The maximum Gasteiger partial charge on any atom is 0.223 e. The third kappa shape index (κ3) is 11.2. The maximum atomic E-state index is 11.3. The molecule has 3 heteroatoms. The van der Waals surface area contributed by atoms with Gasteiger partial charge in [0.05, 0.1) is 0 Å². The van der Waals surface area contributed by atoms with Crippen molar-refractivity contribution in [3.8, 4) is 0 Å². The van der Waals surface area contributed by atoms with Gasteiger partial charge in [0, 0.05) is 13.0 Å². The summed E-state index contributed by atoms with van der Waals surface area (Å²) in [7, 11) is 1.98. The molecule has 0 heterocycles. The van der Waals surface area contributed by atoms with Crippen LogP contribution in [0, 0.1) is 0 Å². The molecule has 0 aliphatic rings. The van der Waals surface area contributed by atoms with Gasteiger partial charge < -0.3 is 10.6 Å². The third-order valence-electron chi connectivity index (χ3n) is 2.38.